The molecule has 0 spiro atoms. The molecule has 0 aliphatic carbocycles. The summed E-state index contributed by atoms with van der Waals surface area (Å²) in [6.45, 7) is 1.63. The van der Waals surface area contributed by atoms with Crippen LogP contribution in [0.5, 0.6) is 0 Å². The minimum absolute atomic E-state index is 0.234. The topological polar surface area (TPSA) is 78.9 Å². The summed E-state index contributed by atoms with van der Waals surface area (Å²) in [4.78, 5) is 12.7. The Kier molecular flexibility index (Phi) is 4.75. The molecule has 1 heterocycles. The molecule has 3 rings (SSSR count). The van der Waals surface area contributed by atoms with Gasteiger partial charge < -0.3 is 9.84 Å². The monoisotopic (exact) mass is 371 g/mol. The Labute approximate surface area is 153 Å². The summed E-state index contributed by atoms with van der Waals surface area (Å²) in [5.41, 5.74) is 1.85. The van der Waals surface area contributed by atoms with E-state index in [-0.39, 0.29) is 11.3 Å². The van der Waals surface area contributed by atoms with E-state index >= 15 is 0 Å². The number of rotatable bonds is 3. The molecule has 0 saturated carbocycles. The van der Waals surface area contributed by atoms with Crippen molar-refractivity contribution in [3.8, 4) is 17.3 Å². The van der Waals surface area contributed by atoms with Crippen LogP contribution in [0.15, 0.2) is 47.0 Å². The summed E-state index contributed by atoms with van der Waals surface area (Å²) in [5, 5.41) is 16.4. The number of aryl methyl sites for hydroxylation is 1. The number of halogens is 2. The summed E-state index contributed by atoms with van der Waals surface area (Å²) in [6, 6.07) is 13.6. The Bertz CT molecular complexity index is 986. The first-order valence-corrected chi connectivity index (χ1v) is 7.99. The number of carbonyl (C=O) groups excluding carboxylic acids is 1. The van der Waals surface area contributed by atoms with E-state index in [0.29, 0.717) is 32.6 Å². The van der Waals surface area contributed by atoms with Gasteiger partial charge in [-0.3, -0.25) is 4.79 Å². The molecule has 124 valence electrons. The molecular formula is C18H11Cl2N3O2. The molecule has 0 unspecified atom stereocenters. The fraction of sp³-hybridized carbons (Fsp3) is 0.0556. The van der Waals surface area contributed by atoms with Crippen LogP contribution in [0.4, 0.5) is 5.69 Å². The van der Waals surface area contributed by atoms with E-state index in [1.165, 1.54) is 0 Å². The van der Waals surface area contributed by atoms with Gasteiger partial charge in [-0.1, -0.05) is 40.5 Å². The summed E-state index contributed by atoms with van der Waals surface area (Å²) in [6.07, 6.45) is 0. The Balaban J connectivity index is 2.02. The summed E-state index contributed by atoms with van der Waals surface area (Å²) in [5.74, 6) is -0.0975. The summed E-state index contributed by atoms with van der Waals surface area (Å²) >= 11 is 12.4. The minimum Gasteiger partial charge on any atom is -0.360 e. The lowest BCUT2D eigenvalue weighted by atomic mass is 10.1. The van der Waals surface area contributed by atoms with E-state index in [1.54, 1.807) is 49.4 Å². The van der Waals surface area contributed by atoms with Gasteiger partial charge in [0.25, 0.3) is 5.91 Å². The van der Waals surface area contributed by atoms with E-state index in [4.69, 9.17) is 33.0 Å². The van der Waals surface area contributed by atoms with Crippen molar-refractivity contribution in [2.75, 3.05) is 5.32 Å². The van der Waals surface area contributed by atoms with E-state index in [1.807, 2.05) is 6.07 Å². The number of hydrogen-bond donors (Lipinski definition) is 1. The highest BCUT2D eigenvalue weighted by Crippen LogP contribution is 2.36. The molecule has 0 radical (unpaired) electrons. The fourth-order valence-corrected chi connectivity index (χ4v) is 2.97. The number of carbonyl (C=O) groups is 1. The van der Waals surface area contributed by atoms with Gasteiger partial charge in [0.2, 0.25) is 0 Å². The van der Waals surface area contributed by atoms with Crippen LogP contribution in [-0.2, 0) is 0 Å². The molecule has 1 amide bonds. The first kappa shape index (κ1) is 17.0. The van der Waals surface area contributed by atoms with Crippen molar-refractivity contribution in [2.24, 2.45) is 0 Å². The second-order valence-corrected chi connectivity index (χ2v) is 6.02. The molecule has 2 aromatic carbocycles. The SMILES string of the molecule is Cc1onc(-c2c(Cl)cccc2Cl)c1C(=O)Nc1cccc(C#N)c1. The number of nitrogens with one attached hydrogen (secondary N) is 1. The van der Waals surface area contributed by atoms with Crippen LogP contribution in [0.3, 0.4) is 0 Å². The Morgan fingerprint density at radius 1 is 1.20 bits per heavy atom. The van der Waals surface area contributed by atoms with Crippen molar-refractivity contribution in [3.63, 3.8) is 0 Å². The Morgan fingerprint density at radius 2 is 1.88 bits per heavy atom. The number of benzene rings is 2. The maximum Gasteiger partial charge on any atom is 0.261 e. The molecule has 7 heteroatoms. The minimum atomic E-state index is -0.431. The van der Waals surface area contributed by atoms with Crippen LogP contribution in [0.2, 0.25) is 10.0 Å². The summed E-state index contributed by atoms with van der Waals surface area (Å²) < 4.78 is 5.18. The summed E-state index contributed by atoms with van der Waals surface area (Å²) in [7, 11) is 0. The smallest absolute Gasteiger partial charge is 0.261 e. The third-order valence-electron chi connectivity index (χ3n) is 3.54. The Morgan fingerprint density at radius 3 is 2.56 bits per heavy atom. The maximum absolute atomic E-state index is 12.7. The Hall–Kier alpha value is -2.81. The van der Waals surface area contributed by atoms with E-state index in [9.17, 15) is 4.79 Å². The number of amides is 1. The molecule has 5 nitrogen and oxygen atoms in total. The van der Waals surface area contributed by atoms with Gasteiger partial charge in [0.15, 0.2) is 0 Å². The highest BCUT2D eigenvalue weighted by molar-refractivity contribution is 6.39. The molecular weight excluding hydrogens is 361 g/mol. The quantitative estimate of drug-likeness (QED) is 0.695. The van der Waals surface area contributed by atoms with Crippen molar-refractivity contribution in [3.05, 3.63) is 69.4 Å². The first-order valence-electron chi connectivity index (χ1n) is 7.23. The number of hydrogen-bond acceptors (Lipinski definition) is 4. The van der Waals surface area contributed by atoms with Crippen molar-refractivity contribution < 1.29 is 9.32 Å². The van der Waals surface area contributed by atoms with E-state index in [2.05, 4.69) is 10.5 Å². The van der Waals surface area contributed by atoms with Crippen molar-refractivity contribution in [1.82, 2.24) is 5.16 Å². The fourth-order valence-electron chi connectivity index (χ4n) is 2.39. The maximum atomic E-state index is 12.7. The third kappa shape index (κ3) is 3.36. The van der Waals surface area contributed by atoms with Crippen LogP contribution in [0.1, 0.15) is 21.7 Å². The highest BCUT2D eigenvalue weighted by atomic mass is 35.5. The molecule has 0 aliphatic heterocycles. The van der Waals surface area contributed by atoms with Gasteiger partial charge in [0, 0.05) is 11.3 Å². The molecule has 0 atom stereocenters. The largest absolute Gasteiger partial charge is 0.360 e. The average Bonchev–Trinajstić information content (AvgIpc) is 2.96. The van der Waals surface area contributed by atoms with Crippen LogP contribution in [-0.4, -0.2) is 11.1 Å². The molecule has 0 bridgehead atoms. The lowest BCUT2D eigenvalue weighted by Crippen LogP contribution is -2.13. The zero-order chi connectivity index (χ0) is 18.0. The highest BCUT2D eigenvalue weighted by Gasteiger charge is 2.24. The predicted octanol–water partition coefficient (Wildman–Crippen LogP) is 5.08. The van der Waals surface area contributed by atoms with Gasteiger partial charge in [-0.15, -0.1) is 0 Å². The number of anilines is 1. The standard InChI is InChI=1S/C18H11Cl2N3O2/c1-10-15(18(24)22-12-5-2-4-11(8-12)9-21)17(23-25-10)16-13(19)6-3-7-14(16)20/h2-8H,1H3,(H,22,24). The average molecular weight is 372 g/mol. The van der Waals surface area contributed by atoms with Gasteiger partial charge in [-0.25, -0.2) is 0 Å². The second-order valence-electron chi connectivity index (χ2n) is 5.21. The molecule has 0 fully saturated rings. The second kappa shape index (κ2) is 6.98. The lowest BCUT2D eigenvalue weighted by Gasteiger charge is -2.08. The molecule has 3 aromatic rings. The van der Waals surface area contributed by atoms with Gasteiger partial charge in [-0.05, 0) is 37.3 Å². The van der Waals surface area contributed by atoms with Crippen molar-refractivity contribution >= 4 is 34.8 Å². The molecule has 1 aromatic heterocycles. The molecule has 25 heavy (non-hydrogen) atoms. The van der Waals surface area contributed by atoms with Gasteiger partial charge >= 0.3 is 0 Å². The normalized spacial score (nSPS) is 10.3. The van der Waals surface area contributed by atoms with Gasteiger partial charge in [0.05, 0.1) is 21.7 Å². The van der Waals surface area contributed by atoms with Crippen molar-refractivity contribution in [1.29, 1.82) is 5.26 Å². The zero-order valence-electron chi connectivity index (χ0n) is 13.0. The van der Waals surface area contributed by atoms with Crippen LogP contribution >= 0.6 is 23.2 Å². The van der Waals surface area contributed by atoms with E-state index < -0.39 is 5.91 Å². The first-order chi connectivity index (χ1) is 12.0. The van der Waals surface area contributed by atoms with Crippen molar-refractivity contribution in [2.45, 2.75) is 6.92 Å². The van der Waals surface area contributed by atoms with Gasteiger partial charge in [0.1, 0.15) is 17.0 Å². The van der Waals surface area contributed by atoms with Crippen LogP contribution < -0.4 is 5.32 Å². The lowest BCUT2D eigenvalue weighted by molar-refractivity contribution is 0.102. The molecule has 0 aliphatic rings. The van der Waals surface area contributed by atoms with Crippen LogP contribution in [0.25, 0.3) is 11.3 Å². The third-order valence-corrected chi connectivity index (χ3v) is 4.17. The molecule has 0 saturated heterocycles. The van der Waals surface area contributed by atoms with Gasteiger partial charge in [-0.2, -0.15) is 5.26 Å². The predicted molar refractivity (Wildman–Crippen MR) is 95.8 cm³/mol. The number of nitrogens with zero attached hydrogens (tertiary/aromatic N) is 2. The van der Waals surface area contributed by atoms with Crippen LogP contribution in [0, 0.1) is 18.3 Å². The zero-order valence-corrected chi connectivity index (χ0v) is 14.5. The molecule has 1 N–H and O–H groups in total. The van der Waals surface area contributed by atoms with E-state index in [0.717, 1.165) is 0 Å². The number of nitriles is 1. The number of aromatic nitrogens is 1.